The van der Waals surface area contributed by atoms with E-state index in [0.29, 0.717) is 37.2 Å². The Morgan fingerprint density at radius 1 is 1.02 bits per heavy atom. The van der Waals surface area contributed by atoms with Crippen molar-refractivity contribution in [2.75, 3.05) is 26.7 Å². The zero-order valence-corrected chi connectivity index (χ0v) is 28.3. The molecule has 10 nitrogen and oxygen atoms in total. The van der Waals surface area contributed by atoms with Crippen LogP contribution in [0.1, 0.15) is 93.1 Å². The summed E-state index contributed by atoms with van der Waals surface area (Å²) in [5, 5.41) is 25.6. The van der Waals surface area contributed by atoms with Crippen LogP contribution in [0.5, 0.6) is 5.88 Å². The first-order valence-electron chi connectivity index (χ1n) is 17.0. The number of alkyl halides is 3. The van der Waals surface area contributed by atoms with Gasteiger partial charge in [0.1, 0.15) is 0 Å². The standard InChI is InChI=1S/C26H31F3N4O4.C10H16O2/c1-37-23-6-5-19(14-30-23)25(36)10-7-21(8-11-25)33-12-9-20(16-33)32-22(34)15-31-24(35)17-3-2-4-18(13-17)26(27,28)29;1-9(2)7-3-5-10(9,6-4-7)8(11)12/h2-6,13-14,20-21,36H,7-12,15-16H2,1H3,(H,31,35)(H,32,34);7H,3-6H2,1-2H3,(H,11,12)/t20-,21?,25?;/m1./s1. The number of carbonyl (C=O) groups excluding carboxylic acids is 2. The fourth-order valence-electron chi connectivity index (χ4n) is 8.48. The van der Waals surface area contributed by atoms with E-state index in [1.54, 1.807) is 19.4 Å². The molecule has 1 atom stereocenters. The van der Waals surface area contributed by atoms with Gasteiger partial charge in [0.2, 0.25) is 11.8 Å². The van der Waals surface area contributed by atoms with E-state index in [1.807, 2.05) is 6.07 Å². The number of carboxylic acids is 1. The highest BCUT2D eigenvalue weighted by Crippen LogP contribution is 2.65. The fraction of sp³-hybridized carbons (Fsp3) is 0.611. The molecule has 4 N–H and O–H groups in total. The summed E-state index contributed by atoms with van der Waals surface area (Å²) in [6.07, 6.45) is 4.78. The number of aromatic nitrogens is 1. The molecule has 13 heteroatoms. The first-order chi connectivity index (χ1) is 23.1. The highest BCUT2D eigenvalue weighted by atomic mass is 19.4. The first-order valence-corrected chi connectivity index (χ1v) is 17.0. The zero-order chi connectivity index (χ0) is 35.6. The lowest BCUT2D eigenvalue weighted by Gasteiger charge is -2.39. The number of fused-ring (bicyclic) bond motifs is 2. The average molecular weight is 689 g/mol. The number of nitrogens with one attached hydrogen (secondary N) is 2. The van der Waals surface area contributed by atoms with Gasteiger partial charge in [-0.3, -0.25) is 19.3 Å². The number of benzene rings is 1. The number of hydrogen-bond acceptors (Lipinski definition) is 7. The molecule has 0 unspecified atom stereocenters. The molecule has 6 rings (SSSR count). The number of nitrogens with zero attached hydrogens (tertiary/aromatic N) is 2. The van der Waals surface area contributed by atoms with Crippen LogP contribution in [0, 0.1) is 16.7 Å². The van der Waals surface area contributed by atoms with Gasteiger partial charge in [-0.05, 0) is 93.4 Å². The minimum Gasteiger partial charge on any atom is -0.481 e. The second-order valence-corrected chi connectivity index (χ2v) is 14.5. The Morgan fingerprint density at radius 3 is 2.24 bits per heavy atom. The predicted molar refractivity (Wildman–Crippen MR) is 175 cm³/mol. The number of hydrogen-bond donors (Lipinski definition) is 4. The lowest BCUT2D eigenvalue weighted by atomic mass is 9.69. The third-order valence-electron chi connectivity index (χ3n) is 11.7. The number of likely N-dealkylation sites (tertiary alicyclic amines) is 1. The molecule has 3 aliphatic carbocycles. The number of methoxy groups -OCH3 is 1. The van der Waals surface area contributed by atoms with E-state index in [4.69, 9.17) is 4.74 Å². The monoisotopic (exact) mass is 688 g/mol. The minimum absolute atomic E-state index is 0.0405. The number of pyridine rings is 1. The molecule has 2 heterocycles. The smallest absolute Gasteiger partial charge is 0.416 e. The maximum atomic E-state index is 12.9. The van der Waals surface area contributed by atoms with Gasteiger partial charge in [0.25, 0.3) is 5.91 Å². The van der Waals surface area contributed by atoms with Crippen molar-refractivity contribution in [2.45, 2.75) is 95.5 Å². The molecule has 0 radical (unpaired) electrons. The molecule has 2 aromatic rings. The number of carbonyl (C=O) groups is 3. The van der Waals surface area contributed by atoms with Crippen molar-refractivity contribution in [3.05, 3.63) is 59.3 Å². The largest absolute Gasteiger partial charge is 0.481 e. The Hall–Kier alpha value is -3.71. The number of aliphatic hydroxyl groups is 1. The zero-order valence-electron chi connectivity index (χ0n) is 28.3. The minimum atomic E-state index is -4.55. The van der Waals surface area contributed by atoms with E-state index in [-0.39, 0.29) is 29.0 Å². The SMILES string of the molecule is CC1(C)C2CCC1(C(=O)O)CC2.COc1ccc(C2(O)CCC(N3CC[C@@H](NC(=O)CNC(=O)c4cccc(C(F)(F)F)c4)C3)CC2)cn1. The third kappa shape index (κ3) is 7.72. The van der Waals surface area contributed by atoms with Crippen molar-refractivity contribution >= 4 is 17.8 Å². The summed E-state index contributed by atoms with van der Waals surface area (Å²) >= 11 is 0. The molecule has 268 valence electrons. The maximum absolute atomic E-state index is 12.9. The van der Waals surface area contributed by atoms with Gasteiger partial charge in [0.05, 0.1) is 30.2 Å². The van der Waals surface area contributed by atoms with Crippen molar-refractivity contribution in [1.29, 1.82) is 0 Å². The molecular weight excluding hydrogens is 641 g/mol. The third-order valence-corrected chi connectivity index (χ3v) is 11.7. The molecule has 2 bridgehead atoms. The van der Waals surface area contributed by atoms with Crippen LogP contribution < -0.4 is 15.4 Å². The second kappa shape index (κ2) is 14.3. The number of ether oxygens (including phenoxy) is 1. The molecule has 1 aromatic carbocycles. The quantitative estimate of drug-likeness (QED) is 0.299. The molecule has 4 aliphatic rings. The van der Waals surface area contributed by atoms with Gasteiger partial charge < -0.3 is 25.6 Å². The summed E-state index contributed by atoms with van der Waals surface area (Å²) in [6, 6.07) is 7.89. The van der Waals surface area contributed by atoms with E-state index < -0.39 is 35.1 Å². The number of carboxylic acid groups (broad SMARTS) is 1. The van der Waals surface area contributed by atoms with E-state index in [2.05, 4.69) is 34.4 Å². The van der Waals surface area contributed by atoms with Gasteiger partial charge in [-0.25, -0.2) is 4.98 Å². The summed E-state index contributed by atoms with van der Waals surface area (Å²) in [5.74, 6) is -0.532. The van der Waals surface area contributed by atoms with E-state index >= 15 is 0 Å². The van der Waals surface area contributed by atoms with Crippen LogP contribution >= 0.6 is 0 Å². The maximum Gasteiger partial charge on any atom is 0.416 e. The molecule has 49 heavy (non-hydrogen) atoms. The fourth-order valence-corrected chi connectivity index (χ4v) is 8.48. The van der Waals surface area contributed by atoms with Crippen LogP contribution in [0.2, 0.25) is 0 Å². The average Bonchev–Trinajstić information content (AvgIpc) is 3.73. The summed E-state index contributed by atoms with van der Waals surface area (Å²) < 4.78 is 43.7. The molecular formula is C36H47F3N4O6. The van der Waals surface area contributed by atoms with Crippen molar-refractivity contribution in [3.8, 4) is 5.88 Å². The predicted octanol–water partition coefficient (Wildman–Crippen LogP) is 5.15. The van der Waals surface area contributed by atoms with Gasteiger partial charge in [-0.15, -0.1) is 0 Å². The van der Waals surface area contributed by atoms with Crippen LogP contribution in [0.15, 0.2) is 42.6 Å². The van der Waals surface area contributed by atoms with Gasteiger partial charge in [0.15, 0.2) is 0 Å². The topological polar surface area (TPSA) is 141 Å². The van der Waals surface area contributed by atoms with Crippen molar-refractivity contribution in [3.63, 3.8) is 0 Å². The molecule has 3 saturated carbocycles. The Bertz CT molecular complexity index is 1500. The number of rotatable bonds is 8. The molecule has 2 amide bonds. The van der Waals surface area contributed by atoms with Crippen LogP contribution in [-0.4, -0.2) is 76.7 Å². The number of halogens is 3. The highest BCUT2D eigenvalue weighted by molar-refractivity contribution is 5.96. The molecule has 4 fully saturated rings. The van der Waals surface area contributed by atoms with Gasteiger partial charge in [0, 0.05) is 48.6 Å². The van der Waals surface area contributed by atoms with Crippen molar-refractivity contribution in [1.82, 2.24) is 20.5 Å². The lowest BCUT2D eigenvalue weighted by Crippen LogP contribution is -2.45. The van der Waals surface area contributed by atoms with Crippen molar-refractivity contribution < 1.29 is 42.5 Å². The van der Waals surface area contributed by atoms with Gasteiger partial charge in [-0.1, -0.05) is 19.9 Å². The summed E-state index contributed by atoms with van der Waals surface area (Å²) in [5.41, 5.74) is -1.54. The second-order valence-electron chi connectivity index (χ2n) is 14.5. The highest BCUT2D eigenvalue weighted by Gasteiger charge is 2.63. The Labute approximate surface area is 284 Å². The van der Waals surface area contributed by atoms with E-state index in [0.717, 1.165) is 75.3 Å². The Balaban J connectivity index is 0.000000325. The first kappa shape index (κ1) is 36.6. The Kier molecular flexibility index (Phi) is 10.6. The molecule has 1 aliphatic heterocycles. The van der Waals surface area contributed by atoms with Gasteiger partial charge >= 0.3 is 12.1 Å². The van der Waals surface area contributed by atoms with Crippen LogP contribution in [0.3, 0.4) is 0 Å². The Morgan fingerprint density at radius 2 is 1.71 bits per heavy atom. The summed E-state index contributed by atoms with van der Waals surface area (Å²) in [7, 11) is 1.55. The van der Waals surface area contributed by atoms with Crippen LogP contribution in [0.25, 0.3) is 0 Å². The van der Waals surface area contributed by atoms with Crippen LogP contribution in [0.4, 0.5) is 13.2 Å². The van der Waals surface area contributed by atoms with Crippen LogP contribution in [-0.2, 0) is 21.4 Å². The normalized spacial score (nSPS) is 29.1. The van der Waals surface area contributed by atoms with Gasteiger partial charge in [-0.2, -0.15) is 13.2 Å². The molecule has 1 aromatic heterocycles. The van der Waals surface area contributed by atoms with E-state index in [1.165, 1.54) is 6.07 Å². The van der Waals surface area contributed by atoms with E-state index in [9.17, 15) is 37.8 Å². The molecule has 1 saturated heterocycles. The lowest BCUT2D eigenvalue weighted by molar-refractivity contribution is -0.153. The molecule has 0 spiro atoms. The summed E-state index contributed by atoms with van der Waals surface area (Å²) in [6.45, 7) is 5.42. The number of aliphatic carboxylic acids is 1. The van der Waals surface area contributed by atoms with Crippen molar-refractivity contribution in [2.24, 2.45) is 16.7 Å². The summed E-state index contributed by atoms with van der Waals surface area (Å²) in [4.78, 5) is 42.3. The number of amides is 2.